The molecule has 41 heavy (non-hydrogen) atoms. The Kier molecular flexibility index (Phi) is 5.90. The van der Waals surface area contributed by atoms with Crippen molar-refractivity contribution in [3.8, 4) is 44.9 Å². The molecule has 0 saturated carbocycles. The molecule has 7 aromatic carbocycles. The molecule has 2 N–H and O–H groups in total. The molecule has 0 spiro atoms. The second kappa shape index (κ2) is 9.64. The van der Waals surface area contributed by atoms with Crippen LogP contribution in [0.1, 0.15) is 0 Å². The summed E-state index contributed by atoms with van der Waals surface area (Å²) in [5.41, 5.74) is 8.71. The fourth-order valence-electron chi connectivity index (χ4n) is 6.43. The van der Waals surface area contributed by atoms with Gasteiger partial charge in [0.1, 0.15) is 35.0 Å². The molecule has 0 aliphatic carbocycles. The van der Waals surface area contributed by atoms with Crippen molar-refractivity contribution in [2.45, 2.75) is 0 Å². The second-order valence-corrected chi connectivity index (χ2v) is 10.9. The molecule has 0 heterocycles. The number of rotatable bonds is 3. The molecule has 0 bridgehead atoms. The summed E-state index contributed by atoms with van der Waals surface area (Å²) in [6.45, 7) is 0. The monoisotopic (exact) mass is 524 g/mol. The topological polar surface area (TPSA) is 40.5 Å². The third kappa shape index (κ3) is 3.84. The number of aromatic hydroxyl groups is 2. The lowest BCUT2D eigenvalue weighted by molar-refractivity contribution is 0.463. The van der Waals surface area contributed by atoms with Gasteiger partial charge in [-0.25, -0.2) is 0 Å². The smallest absolute Gasteiger partial charge is 0.149 e. The van der Waals surface area contributed by atoms with E-state index in [1.54, 1.807) is 7.85 Å². The van der Waals surface area contributed by atoms with E-state index in [0.717, 1.165) is 43.6 Å². The van der Waals surface area contributed by atoms with Gasteiger partial charge in [-0.05, 0) is 66.1 Å². The van der Waals surface area contributed by atoms with Gasteiger partial charge < -0.3 is 10.2 Å². The Morgan fingerprint density at radius 3 is 1.61 bits per heavy atom. The van der Waals surface area contributed by atoms with Crippen molar-refractivity contribution in [3.05, 3.63) is 115 Å². The SMILES string of the molecule is Bc1c(B)c(-c2c3ccccc3c(-c3cccc4cc(-c5ccccc5)ccc34)c3ccccc23)c(O)c(B)c1O. The molecule has 0 aliphatic heterocycles. The van der Waals surface area contributed by atoms with Crippen LogP contribution in [0.3, 0.4) is 0 Å². The van der Waals surface area contributed by atoms with Crippen molar-refractivity contribution in [1.82, 2.24) is 0 Å². The van der Waals surface area contributed by atoms with Crippen molar-refractivity contribution in [1.29, 1.82) is 0 Å². The number of benzene rings is 7. The molecule has 0 radical (unpaired) electrons. The van der Waals surface area contributed by atoms with E-state index in [9.17, 15) is 10.2 Å². The van der Waals surface area contributed by atoms with Crippen LogP contribution >= 0.6 is 0 Å². The highest BCUT2D eigenvalue weighted by molar-refractivity contribution is 6.55. The molecule has 0 amide bonds. The Morgan fingerprint density at radius 1 is 0.390 bits per heavy atom. The number of hydrogen-bond donors (Lipinski definition) is 2. The number of phenols is 2. The molecule has 0 aliphatic rings. The van der Waals surface area contributed by atoms with Crippen LogP contribution in [0, 0.1) is 0 Å². The number of hydrogen-bond acceptors (Lipinski definition) is 2. The second-order valence-electron chi connectivity index (χ2n) is 10.9. The molecule has 192 valence electrons. The maximum absolute atomic E-state index is 11.4. The molecular formula is C36H27B3O2. The minimum atomic E-state index is 0.132. The highest BCUT2D eigenvalue weighted by Crippen LogP contribution is 2.46. The Balaban J connectivity index is 1.59. The molecule has 0 fully saturated rings. The first-order valence-corrected chi connectivity index (χ1v) is 14.0. The fraction of sp³-hybridized carbons (Fsp3) is 0. The zero-order valence-corrected chi connectivity index (χ0v) is 23.4. The molecule has 0 atom stereocenters. The van der Waals surface area contributed by atoms with Crippen LogP contribution < -0.4 is 16.4 Å². The normalized spacial score (nSPS) is 11.4. The van der Waals surface area contributed by atoms with Gasteiger partial charge in [0.2, 0.25) is 0 Å². The lowest BCUT2D eigenvalue weighted by atomic mass is 9.70. The van der Waals surface area contributed by atoms with Gasteiger partial charge in [0, 0.05) is 11.1 Å². The van der Waals surface area contributed by atoms with Crippen LogP contribution in [0.15, 0.2) is 115 Å². The highest BCUT2D eigenvalue weighted by Gasteiger charge is 2.23. The van der Waals surface area contributed by atoms with Crippen LogP contribution in [-0.2, 0) is 0 Å². The predicted octanol–water partition coefficient (Wildman–Crippen LogP) is 4.33. The van der Waals surface area contributed by atoms with Crippen molar-refractivity contribution in [2.75, 3.05) is 0 Å². The van der Waals surface area contributed by atoms with Crippen molar-refractivity contribution in [3.63, 3.8) is 0 Å². The number of phenolic OH excluding ortho intramolecular Hbond substituents is 2. The van der Waals surface area contributed by atoms with E-state index >= 15 is 0 Å². The van der Waals surface area contributed by atoms with E-state index in [1.807, 2.05) is 21.8 Å². The number of fused-ring (bicyclic) bond motifs is 3. The molecule has 5 heteroatoms. The van der Waals surface area contributed by atoms with Gasteiger partial charge in [0.05, 0.1) is 0 Å². The fourth-order valence-corrected chi connectivity index (χ4v) is 6.43. The van der Waals surface area contributed by atoms with E-state index in [0.29, 0.717) is 5.46 Å². The van der Waals surface area contributed by atoms with Crippen molar-refractivity contribution < 1.29 is 10.2 Å². The Labute approximate surface area is 242 Å². The first-order chi connectivity index (χ1) is 20.0. The van der Waals surface area contributed by atoms with Crippen LogP contribution in [-0.4, -0.2) is 33.8 Å². The van der Waals surface area contributed by atoms with Gasteiger partial charge in [-0.1, -0.05) is 120 Å². The molecule has 7 aromatic rings. The summed E-state index contributed by atoms with van der Waals surface area (Å²) < 4.78 is 0. The summed E-state index contributed by atoms with van der Waals surface area (Å²) in [5, 5.41) is 28.9. The van der Waals surface area contributed by atoms with Crippen molar-refractivity contribution >= 4 is 72.2 Å². The third-order valence-corrected chi connectivity index (χ3v) is 8.68. The van der Waals surface area contributed by atoms with Gasteiger partial charge in [0.25, 0.3) is 0 Å². The summed E-state index contributed by atoms with van der Waals surface area (Å²) in [7, 11) is 5.67. The zero-order valence-electron chi connectivity index (χ0n) is 23.4. The maximum atomic E-state index is 11.4. The average molecular weight is 524 g/mol. The van der Waals surface area contributed by atoms with Gasteiger partial charge >= 0.3 is 0 Å². The summed E-state index contributed by atoms with van der Waals surface area (Å²) in [6, 6.07) is 40.7. The van der Waals surface area contributed by atoms with Crippen LogP contribution in [0.2, 0.25) is 0 Å². The minimum Gasteiger partial charge on any atom is -0.509 e. The van der Waals surface area contributed by atoms with Gasteiger partial charge in [-0.3, -0.25) is 0 Å². The average Bonchev–Trinajstić information content (AvgIpc) is 3.02. The first-order valence-electron chi connectivity index (χ1n) is 14.0. The lowest BCUT2D eigenvalue weighted by Gasteiger charge is -2.22. The van der Waals surface area contributed by atoms with Gasteiger partial charge in [-0.2, -0.15) is 0 Å². The lowest BCUT2D eigenvalue weighted by Crippen LogP contribution is -2.33. The summed E-state index contributed by atoms with van der Waals surface area (Å²) in [5.74, 6) is 0.284. The van der Waals surface area contributed by atoms with E-state index in [1.165, 1.54) is 33.0 Å². The molecule has 7 rings (SSSR count). The first kappa shape index (κ1) is 25.1. The van der Waals surface area contributed by atoms with Crippen molar-refractivity contribution in [2.24, 2.45) is 0 Å². The van der Waals surface area contributed by atoms with Crippen LogP contribution in [0.25, 0.3) is 65.7 Å². The Morgan fingerprint density at radius 2 is 0.976 bits per heavy atom. The molecule has 0 aromatic heterocycles. The molecular weight excluding hydrogens is 497 g/mol. The molecule has 0 unspecified atom stereocenters. The summed E-state index contributed by atoms with van der Waals surface area (Å²) in [6.07, 6.45) is 0. The molecule has 0 saturated heterocycles. The van der Waals surface area contributed by atoms with E-state index < -0.39 is 0 Å². The zero-order chi connectivity index (χ0) is 28.2. The Hall–Kier alpha value is -4.89. The summed E-state index contributed by atoms with van der Waals surface area (Å²) >= 11 is 0. The quantitative estimate of drug-likeness (QED) is 0.267. The molecule has 2 nitrogen and oxygen atoms in total. The highest BCUT2D eigenvalue weighted by atomic mass is 16.3. The third-order valence-electron chi connectivity index (χ3n) is 8.68. The van der Waals surface area contributed by atoms with Gasteiger partial charge in [0.15, 0.2) is 0 Å². The summed E-state index contributed by atoms with van der Waals surface area (Å²) in [4.78, 5) is 0. The largest absolute Gasteiger partial charge is 0.509 e. The standard InChI is InChI=1S/C36H27B3O2/c37-32-31(35(40)34(39)36(41)33(32)38)30-27-14-6-4-12-25(27)29(26-13-5-7-15-28(26)30)24-16-8-11-22-19-21(17-18-23(22)24)20-9-2-1-3-10-20/h1-19,40-41H,37-39H2. The minimum absolute atomic E-state index is 0.132. The van der Waals surface area contributed by atoms with Gasteiger partial charge in [-0.15, -0.1) is 0 Å². The van der Waals surface area contributed by atoms with E-state index in [2.05, 4.69) is 109 Å². The predicted molar refractivity (Wildman–Crippen MR) is 183 cm³/mol. The van der Waals surface area contributed by atoms with E-state index in [-0.39, 0.29) is 11.5 Å². The van der Waals surface area contributed by atoms with Crippen LogP contribution in [0.4, 0.5) is 0 Å². The Bertz CT molecular complexity index is 2070. The van der Waals surface area contributed by atoms with Crippen LogP contribution in [0.5, 0.6) is 11.5 Å². The maximum Gasteiger partial charge on any atom is 0.149 e. The van der Waals surface area contributed by atoms with E-state index in [4.69, 9.17) is 0 Å².